The first-order chi connectivity index (χ1) is 10.7. The fourth-order valence-corrected chi connectivity index (χ4v) is 1.45. The van der Waals surface area contributed by atoms with Gasteiger partial charge in [-0.2, -0.15) is 13.2 Å². The van der Waals surface area contributed by atoms with Crippen LogP contribution < -0.4 is 10.6 Å². The van der Waals surface area contributed by atoms with Gasteiger partial charge in [0, 0.05) is 12.1 Å². The maximum absolute atomic E-state index is 11.9. The summed E-state index contributed by atoms with van der Waals surface area (Å²) in [7, 11) is 0. The third kappa shape index (κ3) is 7.07. The molecule has 7 nitrogen and oxygen atoms in total. The van der Waals surface area contributed by atoms with Crippen molar-refractivity contribution in [1.82, 2.24) is 10.6 Å². The molecule has 124 valence electrons. The highest BCUT2D eigenvalue weighted by molar-refractivity contribution is 5.94. The molecule has 0 radical (unpaired) electrons. The Labute approximate surface area is 128 Å². The number of alkyl halides is 3. The summed E-state index contributed by atoms with van der Waals surface area (Å²) in [4.78, 5) is 32.6. The van der Waals surface area contributed by atoms with Crippen molar-refractivity contribution >= 4 is 23.6 Å². The molecule has 0 fully saturated rings. The molecule has 0 atom stereocenters. The molecule has 1 rings (SSSR count). The first-order valence-corrected chi connectivity index (χ1v) is 6.22. The highest BCUT2D eigenvalue weighted by Crippen LogP contribution is 2.18. The largest absolute Gasteiger partial charge is 0.405 e. The molecular weight excluding hydrogens is 319 g/mol. The Bertz CT molecular complexity index is 629. The minimum absolute atomic E-state index is 0.175. The van der Waals surface area contributed by atoms with Gasteiger partial charge in [-0.1, -0.05) is 12.1 Å². The van der Waals surface area contributed by atoms with Crippen LogP contribution in [0.25, 0.3) is 6.08 Å². The van der Waals surface area contributed by atoms with Crippen LogP contribution in [0.15, 0.2) is 30.3 Å². The average molecular weight is 331 g/mol. The van der Waals surface area contributed by atoms with E-state index in [1.54, 1.807) is 5.32 Å². The molecule has 0 aromatic heterocycles. The van der Waals surface area contributed by atoms with Crippen molar-refractivity contribution in [2.24, 2.45) is 0 Å². The van der Waals surface area contributed by atoms with Gasteiger partial charge in [-0.05, 0) is 12.1 Å². The minimum atomic E-state index is -4.54. The summed E-state index contributed by atoms with van der Waals surface area (Å²) < 4.78 is 35.6. The normalized spacial score (nSPS) is 11.3. The Morgan fingerprint density at radius 2 is 1.87 bits per heavy atom. The van der Waals surface area contributed by atoms with Crippen LogP contribution in [0.4, 0.5) is 18.9 Å². The second-order valence-electron chi connectivity index (χ2n) is 4.26. The number of carbonyl (C=O) groups is 2. The molecule has 0 saturated heterocycles. The fourth-order valence-electron chi connectivity index (χ4n) is 1.45. The van der Waals surface area contributed by atoms with Gasteiger partial charge >= 0.3 is 6.18 Å². The molecule has 0 aliphatic rings. The van der Waals surface area contributed by atoms with Gasteiger partial charge in [0.1, 0.15) is 6.54 Å². The third-order valence-corrected chi connectivity index (χ3v) is 2.46. The molecule has 0 unspecified atom stereocenters. The van der Waals surface area contributed by atoms with E-state index in [9.17, 15) is 32.9 Å². The predicted octanol–water partition coefficient (Wildman–Crippen LogP) is 1.40. The highest BCUT2D eigenvalue weighted by atomic mass is 19.4. The van der Waals surface area contributed by atoms with E-state index in [-0.39, 0.29) is 11.3 Å². The van der Waals surface area contributed by atoms with Gasteiger partial charge in [0.25, 0.3) is 5.69 Å². The number of nitro benzene ring substituents is 1. The van der Waals surface area contributed by atoms with E-state index in [1.807, 2.05) is 0 Å². The summed E-state index contributed by atoms with van der Waals surface area (Å²) in [5.41, 5.74) is -0.0337. The molecule has 0 spiro atoms. The van der Waals surface area contributed by atoms with E-state index in [4.69, 9.17) is 0 Å². The number of amides is 2. The van der Waals surface area contributed by atoms with Crippen molar-refractivity contribution in [1.29, 1.82) is 0 Å². The summed E-state index contributed by atoms with van der Waals surface area (Å²) in [6, 6.07) is 5.66. The van der Waals surface area contributed by atoms with E-state index < -0.39 is 36.0 Å². The molecule has 0 saturated carbocycles. The van der Waals surface area contributed by atoms with Crippen LogP contribution in [0.3, 0.4) is 0 Å². The molecule has 2 N–H and O–H groups in total. The Hall–Kier alpha value is -2.91. The second kappa shape index (κ2) is 7.92. The quantitative estimate of drug-likeness (QED) is 0.467. The molecule has 10 heteroatoms. The van der Waals surface area contributed by atoms with Crippen LogP contribution in [-0.4, -0.2) is 36.0 Å². The molecule has 0 heterocycles. The zero-order chi connectivity index (χ0) is 17.5. The van der Waals surface area contributed by atoms with Crippen molar-refractivity contribution in [2.75, 3.05) is 13.1 Å². The number of hydrogen-bond donors (Lipinski definition) is 2. The Morgan fingerprint density at radius 1 is 1.22 bits per heavy atom. The van der Waals surface area contributed by atoms with Gasteiger partial charge in [-0.3, -0.25) is 19.7 Å². The Kier molecular flexibility index (Phi) is 6.24. The number of nitro groups is 1. The molecular formula is C13H12F3N3O4. The first-order valence-electron chi connectivity index (χ1n) is 6.22. The van der Waals surface area contributed by atoms with E-state index in [0.29, 0.717) is 0 Å². The molecule has 0 aliphatic heterocycles. The van der Waals surface area contributed by atoms with E-state index in [0.717, 1.165) is 6.08 Å². The lowest BCUT2D eigenvalue weighted by atomic mass is 10.1. The maximum Gasteiger partial charge on any atom is 0.405 e. The fraction of sp³-hybridized carbons (Fsp3) is 0.231. The number of hydrogen-bond acceptors (Lipinski definition) is 4. The van der Waals surface area contributed by atoms with Crippen LogP contribution in [0.5, 0.6) is 0 Å². The third-order valence-electron chi connectivity index (χ3n) is 2.46. The van der Waals surface area contributed by atoms with E-state index in [2.05, 4.69) is 5.32 Å². The van der Waals surface area contributed by atoms with Gasteiger partial charge in [-0.25, -0.2) is 0 Å². The molecule has 0 bridgehead atoms. The van der Waals surface area contributed by atoms with Crippen LogP contribution in [0.2, 0.25) is 0 Å². The molecule has 2 amide bonds. The maximum atomic E-state index is 11.9. The lowest BCUT2D eigenvalue weighted by Crippen LogP contribution is -2.40. The number of halogens is 3. The SMILES string of the molecule is O=C(/C=C/c1ccccc1[N+](=O)[O-])NCC(=O)NCC(F)(F)F. The summed E-state index contributed by atoms with van der Waals surface area (Å²) >= 11 is 0. The zero-order valence-corrected chi connectivity index (χ0v) is 11.6. The lowest BCUT2D eigenvalue weighted by molar-refractivity contribution is -0.385. The Morgan fingerprint density at radius 3 is 2.48 bits per heavy atom. The highest BCUT2D eigenvalue weighted by Gasteiger charge is 2.27. The van der Waals surface area contributed by atoms with Gasteiger partial charge in [0.15, 0.2) is 0 Å². The summed E-state index contributed by atoms with van der Waals surface area (Å²) in [6.45, 7) is -2.14. The smallest absolute Gasteiger partial charge is 0.345 e. The van der Waals surface area contributed by atoms with Crippen molar-refractivity contribution in [3.63, 3.8) is 0 Å². The molecule has 1 aromatic carbocycles. The standard InChI is InChI=1S/C13H12F3N3O4/c14-13(15,16)8-18-12(21)7-17-11(20)6-5-9-3-1-2-4-10(9)19(22)23/h1-6H,7-8H2,(H,17,20)(H,18,21)/b6-5+. The predicted molar refractivity (Wildman–Crippen MR) is 74.2 cm³/mol. The second-order valence-corrected chi connectivity index (χ2v) is 4.26. The minimum Gasteiger partial charge on any atom is -0.345 e. The average Bonchev–Trinajstić information content (AvgIpc) is 2.48. The van der Waals surface area contributed by atoms with Gasteiger partial charge in [-0.15, -0.1) is 0 Å². The summed E-state index contributed by atoms with van der Waals surface area (Å²) in [5, 5.41) is 14.4. The van der Waals surface area contributed by atoms with Gasteiger partial charge < -0.3 is 10.6 Å². The number of carbonyl (C=O) groups excluding carboxylic acids is 2. The number of para-hydroxylation sites is 1. The van der Waals surface area contributed by atoms with E-state index >= 15 is 0 Å². The first kappa shape index (κ1) is 18.1. The van der Waals surface area contributed by atoms with Crippen molar-refractivity contribution in [2.45, 2.75) is 6.18 Å². The topological polar surface area (TPSA) is 101 Å². The monoisotopic (exact) mass is 331 g/mol. The molecule has 23 heavy (non-hydrogen) atoms. The summed E-state index contributed by atoms with van der Waals surface area (Å²) in [5.74, 6) is -1.78. The van der Waals surface area contributed by atoms with Gasteiger partial charge in [0.2, 0.25) is 11.8 Å². The van der Waals surface area contributed by atoms with E-state index in [1.165, 1.54) is 30.3 Å². The van der Waals surface area contributed by atoms with Crippen molar-refractivity contribution < 1.29 is 27.7 Å². The number of rotatable bonds is 6. The summed E-state index contributed by atoms with van der Waals surface area (Å²) in [6.07, 6.45) is -2.42. The zero-order valence-electron chi connectivity index (χ0n) is 11.6. The number of benzene rings is 1. The van der Waals surface area contributed by atoms with Crippen LogP contribution in [0.1, 0.15) is 5.56 Å². The van der Waals surface area contributed by atoms with Gasteiger partial charge in [0.05, 0.1) is 17.0 Å². The van der Waals surface area contributed by atoms with Crippen LogP contribution >= 0.6 is 0 Å². The molecule has 1 aromatic rings. The molecule has 0 aliphatic carbocycles. The Balaban J connectivity index is 2.51. The number of nitrogens with one attached hydrogen (secondary N) is 2. The van der Waals surface area contributed by atoms with Crippen LogP contribution in [0, 0.1) is 10.1 Å². The van der Waals surface area contributed by atoms with Crippen molar-refractivity contribution in [3.05, 3.63) is 46.0 Å². The number of nitrogens with zero attached hydrogens (tertiary/aromatic N) is 1. The van der Waals surface area contributed by atoms with Crippen molar-refractivity contribution in [3.8, 4) is 0 Å². The lowest BCUT2D eigenvalue weighted by Gasteiger charge is -2.08. The van der Waals surface area contributed by atoms with Crippen LogP contribution in [-0.2, 0) is 9.59 Å².